The molecule has 2 aliphatic rings. The van der Waals surface area contributed by atoms with Crippen LogP contribution in [0.15, 0.2) is 29.3 Å². The van der Waals surface area contributed by atoms with Crippen molar-refractivity contribution in [1.29, 1.82) is 0 Å². The molecule has 0 amide bonds. The monoisotopic (exact) mass is 230 g/mol. The molecule has 0 aromatic heterocycles. The van der Waals surface area contributed by atoms with Crippen LogP contribution in [0.2, 0.25) is 0 Å². The van der Waals surface area contributed by atoms with Crippen molar-refractivity contribution in [3.63, 3.8) is 0 Å². The van der Waals surface area contributed by atoms with Gasteiger partial charge < -0.3 is 10.0 Å². The molecule has 90 valence electrons. The SMILES string of the molecule is Oc1ccccc1N1CCN=C1C1CCCC1. The van der Waals surface area contributed by atoms with E-state index in [9.17, 15) is 5.11 Å². The summed E-state index contributed by atoms with van der Waals surface area (Å²) in [6.07, 6.45) is 5.14. The highest BCUT2D eigenvalue weighted by atomic mass is 16.3. The number of para-hydroxylation sites is 2. The highest BCUT2D eigenvalue weighted by Crippen LogP contribution is 2.34. The molecule has 0 spiro atoms. The minimum absolute atomic E-state index is 0.361. The van der Waals surface area contributed by atoms with E-state index in [-0.39, 0.29) is 0 Å². The van der Waals surface area contributed by atoms with Gasteiger partial charge in [0.15, 0.2) is 0 Å². The second-order valence-electron chi connectivity index (χ2n) is 4.86. The van der Waals surface area contributed by atoms with E-state index in [0.717, 1.165) is 18.8 Å². The summed E-state index contributed by atoms with van der Waals surface area (Å²) in [5, 5.41) is 9.93. The van der Waals surface area contributed by atoms with Gasteiger partial charge in [-0.2, -0.15) is 0 Å². The van der Waals surface area contributed by atoms with Crippen molar-refractivity contribution in [2.45, 2.75) is 25.7 Å². The van der Waals surface area contributed by atoms with E-state index in [1.807, 2.05) is 18.2 Å². The maximum atomic E-state index is 9.93. The predicted molar refractivity (Wildman–Crippen MR) is 69.7 cm³/mol. The van der Waals surface area contributed by atoms with E-state index in [1.54, 1.807) is 6.07 Å². The largest absolute Gasteiger partial charge is 0.506 e. The second kappa shape index (κ2) is 4.40. The van der Waals surface area contributed by atoms with Crippen LogP contribution in [-0.4, -0.2) is 24.0 Å². The van der Waals surface area contributed by atoms with E-state index in [1.165, 1.54) is 31.5 Å². The van der Waals surface area contributed by atoms with Crippen LogP contribution in [0, 0.1) is 5.92 Å². The molecule has 17 heavy (non-hydrogen) atoms. The van der Waals surface area contributed by atoms with Crippen molar-refractivity contribution < 1.29 is 5.11 Å². The first-order chi connectivity index (χ1) is 8.36. The Labute approximate surface area is 102 Å². The van der Waals surface area contributed by atoms with Crippen molar-refractivity contribution in [1.82, 2.24) is 0 Å². The standard InChI is InChI=1S/C14H18N2O/c17-13-8-4-3-7-12(13)16-10-9-15-14(16)11-5-1-2-6-11/h3-4,7-8,11,17H,1-2,5-6,9-10H2. The molecule has 1 aliphatic carbocycles. The second-order valence-corrected chi connectivity index (χ2v) is 4.86. The molecule has 1 heterocycles. The fourth-order valence-corrected chi connectivity index (χ4v) is 2.93. The number of anilines is 1. The van der Waals surface area contributed by atoms with Gasteiger partial charge in [-0.3, -0.25) is 4.99 Å². The van der Waals surface area contributed by atoms with Crippen molar-refractivity contribution in [3.05, 3.63) is 24.3 Å². The lowest BCUT2D eigenvalue weighted by Gasteiger charge is -2.24. The first-order valence-corrected chi connectivity index (χ1v) is 6.46. The summed E-state index contributed by atoms with van der Waals surface area (Å²) in [5.41, 5.74) is 0.913. The molecule has 1 fully saturated rings. The maximum Gasteiger partial charge on any atom is 0.139 e. The van der Waals surface area contributed by atoms with Crippen LogP contribution in [0.4, 0.5) is 5.69 Å². The van der Waals surface area contributed by atoms with Crippen LogP contribution in [0.1, 0.15) is 25.7 Å². The van der Waals surface area contributed by atoms with Gasteiger partial charge in [0.1, 0.15) is 11.6 Å². The molecular formula is C14H18N2O. The molecule has 1 saturated carbocycles. The van der Waals surface area contributed by atoms with Crippen molar-refractivity contribution >= 4 is 11.5 Å². The first-order valence-electron chi connectivity index (χ1n) is 6.46. The predicted octanol–water partition coefficient (Wildman–Crippen LogP) is 2.80. The molecule has 1 aromatic rings. The van der Waals surface area contributed by atoms with Gasteiger partial charge in [-0.1, -0.05) is 25.0 Å². The fraction of sp³-hybridized carbons (Fsp3) is 0.500. The Morgan fingerprint density at radius 2 is 1.94 bits per heavy atom. The molecule has 0 saturated heterocycles. The number of hydrogen-bond acceptors (Lipinski definition) is 3. The van der Waals surface area contributed by atoms with Gasteiger partial charge in [0.2, 0.25) is 0 Å². The maximum absolute atomic E-state index is 9.93. The summed E-state index contributed by atoms with van der Waals surface area (Å²) in [7, 11) is 0. The van der Waals surface area contributed by atoms with Gasteiger partial charge in [0.05, 0.1) is 12.2 Å². The Bertz CT molecular complexity index is 436. The Kier molecular flexibility index (Phi) is 2.75. The number of hydrogen-bond donors (Lipinski definition) is 1. The normalized spacial score (nSPS) is 20.9. The molecule has 1 aromatic carbocycles. The number of aromatic hydroxyl groups is 1. The highest BCUT2D eigenvalue weighted by Gasteiger charge is 2.29. The first kappa shape index (κ1) is 10.6. The summed E-state index contributed by atoms with van der Waals surface area (Å²) in [4.78, 5) is 6.85. The molecule has 1 aliphatic heterocycles. The topological polar surface area (TPSA) is 35.8 Å². The number of aliphatic imine (C=N–C) groups is 1. The fourth-order valence-electron chi connectivity index (χ4n) is 2.93. The van der Waals surface area contributed by atoms with Crippen LogP contribution in [-0.2, 0) is 0 Å². The van der Waals surface area contributed by atoms with Gasteiger partial charge in [0.25, 0.3) is 0 Å². The van der Waals surface area contributed by atoms with Gasteiger partial charge in [0, 0.05) is 12.5 Å². The molecule has 0 radical (unpaired) electrons. The molecule has 3 nitrogen and oxygen atoms in total. The average Bonchev–Trinajstić information content (AvgIpc) is 3.00. The lowest BCUT2D eigenvalue weighted by atomic mass is 10.1. The lowest BCUT2D eigenvalue weighted by molar-refractivity contribution is 0.476. The average molecular weight is 230 g/mol. The third kappa shape index (κ3) is 1.90. The summed E-state index contributed by atoms with van der Waals surface area (Å²) in [5.74, 6) is 2.17. The summed E-state index contributed by atoms with van der Waals surface area (Å²) >= 11 is 0. The van der Waals surface area contributed by atoms with Crippen LogP contribution in [0.3, 0.4) is 0 Å². The smallest absolute Gasteiger partial charge is 0.139 e. The zero-order valence-corrected chi connectivity index (χ0v) is 9.97. The molecular weight excluding hydrogens is 212 g/mol. The Balaban J connectivity index is 1.88. The van der Waals surface area contributed by atoms with Crippen LogP contribution in [0.25, 0.3) is 0 Å². The van der Waals surface area contributed by atoms with E-state index in [4.69, 9.17) is 0 Å². The number of nitrogens with zero attached hydrogens (tertiary/aromatic N) is 2. The van der Waals surface area contributed by atoms with E-state index >= 15 is 0 Å². The third-order valence-corrected chi connectivity index (χ3v) is 3.77. The number of benzene rings is 1. The number of phenols is 1. The zero-order valence-electron chi connectivity index (χ0n) is 9.97. The molecule has 0 unspecified atom stereocenters. The molecule has 3 heteroatoms. The molecule has 0 bridgehead atoms. The Morgan fingerprint density at radius 3 is 2.71 bits per heavy atom. The Hall–Kier alpha value is -1.51. The van der Waals surface area contributed by atoms with Crippen LogP contribution < -0.4 is 4.90 Å². The number of phenolic OH excluding ortho intramolecular Hbond substituents is 1. The highest BCUT2D eigenvalue weighted by molar-refractivity contribution is 6.02. The third-order valence-electron chi connectivity index (χ3n) is 3.77. The Morgan fingerprint density at radius 1 is 1.18 bits per heavy atom. The molecule has 3 rings (SSSR count). The summed E-state index contributed by atoms with van der Waals surface area (Å²) in [6.45, 7) is 1.77. The van der Waals surface area contributed by atoms with Gasteiger partial charge in [-0.05, 0) is 25.0 Å². The van der Waals surface area contributed by atoms with Crippen molar-refractivity contribution in [3.8, 4) is 5.75 Å². The number of rotatable bonds is 2. The summed E-state index contributed by atoms with van der Waals surface area (Å²) in [6, 6.07) is 7.56. The quantitative estimate of drug-likeness (QED) is 0.848. The molecule has 1 N–H and O–H groups in total. The van der Waals surface area contributed by atoms with Crippen LogP contribution >= 0.6 is 0 Å². The van der Waals surface area contributed by atoms with E-state index in [0.29, 0.717) is 11.7 Å². The van der Waals surface area contributed by atoms with Crippen LogP contribution in [0.5, 0.6) is 5.75 Å². The summed E-state index contributed by atoms with van der Waals surface area (Å²) < 4.78 is 0. The van der Waals surface area contributed by atoms with Gasteiger partial charge in [-0.15, -0.1) is 0 Å². The van der Waals surface area contributed by atoms with E-state index < -0.39 is 0 Å². The van der Waals surface area contributed by atoms with Crippen molar-refractivity contribution in [2.75, 3.05) is 18.0 Å². The van der Waals surface area contributed by atoms with Gasteiger partial charge >= 0.3 is 0 Å². The minimum Gasteiger partial charge on any atom is -0.506 e. The van der Waals surface area contributed by atoms with Crippen molar-refractivity contribution in [2.24, 2.45) is 10.9 Å². The van der Waals surface area contributed by atoms with E-state index in [2.05, 4.69) is 9.89 Å². The number of amidine groups is 1. The zero-order chi connectivity index (χ0) is 11.7. The lowest BCUT2D eigenvalue weighted by Crippen LogP contribution is -2.32. The minimum atomic E-state index is 0.361. The van der Waals surface area contributed by atoms with Gasteiger partial charge in [-0.25, -0.2) is 0 Å². The molecule has 0 atom stereocenters.